The van der Waals surface area contributed by atoms with Crippen molar-refractivity contribution in [1.82, 2.24) is 0 Å². The number of benzene rings is 1. The van der Waals surface area contributed by atoms with Crippen LogP contribution in [0, 0.1) is 0 Å². The lowest BCUT2D eigenvalue weighted by atomic mass is 10.3. The molecular formula is C10H11NO4S. The van der Waals surface area contributed by atoms with Gasteiger partial charge in [-0.25, -0.2) is 8.42 Å². The summed E-state index contributed by atoms with van der Waals surface area (Å²) in [6.07, 6.45) is 0.132. The fourth-order valence-corrected chi connectivity index (χ4v) is 3.53. The van der Waals surface area contributed by atoms with Crippen molar-refractivity contribution < 1.29 is 18.3 Å². The first-order chi connectivity index (χ1) is 7.53. The number of hydrogen-bond acceptors (Lipinski definition) is 3. The maximum absolute atomic E-state index is 11.9. The van der Waals surface area contributed by atoms with Crippen LogP contribution in [0.2, 0.25) is 0 Å². The van der Waals surface area contributed by atoms with Crippen LogP contribution in [-0.2, 0) is 14.8 Å². The van der Waals surface area contributed by atoms with E-state index in [1.807, 2.05) is 0 Å². The molecule has 6 heteroatoms. The Bertz CT molecular complexity index is 497. The van der Waals surface area contributed by atoms with Gasteiger partial charge >= 0.3 is 5.97 Å². The molecule has 0 bridgehead atoms. The Kier molecular flexibility index (Phi) is 2.59. The Morgan fingerprint density at radius 1 is 1.31 bits per heavy atom. The molecule has 16 heavy (non-hydrogen) atoms. The molecule has 1 aliphatic heterocycles. The zero-order valence-corrected chi connectivity index (χ0v) is 9.22. The molecule has 1 heterocycles. The van der Waals surface area contributed by atoms with Crippen molar-refractivity contribution in [2.24, 2.45) is 0 Å². The summed E-state index contributed by atoms with van der Waals surface area (Å²) in [6, 6.07) is 8.53. The minimum atomic E-state index is -3.75. The number of para-hydroxylation sites is 1. The van der Waals surface area contributed by atoms with E-state index in [0.717, 1.165) is 4.31 Å². The number of hydrogen-bond donors (Lipinski definition) is 1. The van der Waals surface area contributed by atoms with Crippen LogP contribution < -0.4 is 4.31 Å². The maximum Gasteiger partial charge on any atom is 0.323 e. The zero-order chi connectivity index (χ0) is 11.8. The third-order valence-corrected chi connectivity index (χ3v) is 4.74. The van der Waals surface area contributed by atoms with Crippen LogP contribution in [-0.4, -0.2) is 31.3 Å². The van der Waals surface area contributed by atoms with Gasteiger partial charge < -0.3 is 5.11 Å². The van der Waals surface area contributed by atoms with Gasteiger partial charge in [-0.15, -0.1) is 0 Å². The molecule has 1 saturated heterocycles. The molecule has 2 rings (SSSR count). The average molecular weight is 241 g/mol. The second-order valence-corrected chi connectivity index (χ2v) is 5.61. The summed E-state index contributed by atoms with van der Waals surface area (Å²) in [5.74, 6) is -1.28. The van der Waals surface area contributed by atoms with E-state index in [-0.39, 0.29) is 13.0 Å². The molecule has 0 saturated carbocycles. The fraction of sp³-hybridized carbons (Fsp3) is 0.300. The van der Waals surface area contributed by atoms with E-state index in [0.29, 0.717) is 5.69 Å². The average Bonchev–Trinajstić information content (AvgIpc) is 2.55. The quantitative estimate of drug-likeness (QED) is 0.826. The van der Waals surface area contributed by atoms with Gasteiger partial charge in [-0.05, 0) is 18.6 Å². The molecule has 5 nitrogen and oxygen atoms in total. The van der Waals surface area contributed by atoms with Gasteiger partial charge in [-0.2, -0.15) is 0 Å². The molecule has 1 aromatic carbocycles. The smallest absolute Gasteiger partial charge is 0.323 e. The largest absolute Gasteiger partial charge is 0.480 e. The number of carboxylic acids is 1. The van der Waals surface area contributed by atoms with E-state index in [4.69, 9.17) is 5.11 Å². The van der Waals surface area contributed by atoms with Gasteiger partial charge in [0.2, 0.25) is 10.0 Å². The van der Waals surface area contributed by atoms with Crippen LogP contribution in [0.15, 0.2) is 30.3 Å². The third kappa shape index (κ3) is 1.65. The van der Waals surface area contributed by atoms with Crippen molar-refractivity contribution >= 4 is 21.7 Å². The molecule has 1 unspecified atom stereocenters. The van der Waals surface area contributed by atoms with Crippen LogP contribution in [0.5, 0.6) is 0 Å². The molecule has 1 fully saturated rings. The number of sulfonamides is 1. The van der Waals surface area contributed by atoms with E-state index in [1.165, 1.54) is 0 Å². The van der Waals surface area contributed by atoms with Crippen LogP contribution in [0.3, 0.4) is 0 Å². The predicted octanol–water partition coefficient (Wildman–Crippen LogP) is 0.680. The Balaban J connectivity index is 2.38. The Labute approximate surface area is 93.4 Å². The molecule has 0 radical (unpaired) electrons. The standard InChI is InChI=1S/C10H11NO4S/c12-10(13)9-6-7-11(16(9,14)15)8-4-2-1-3-5-8/h1-5,9H,6-7H2,(H,12,13). The number of rotatable bonds is 2. The highest BCUT2D eigenvalue weighted by Crippen LogP contribution is 2.28. The number of aliphatic carboxylic acids is 1. The van der Waals surface area contributed by atoms with Crippen molar-refractivity contribution in [3.8, 4) is 0 Å². The number of carboxylic acid groups (broad SMARTS) is 1. The number of carbonyl (C=O) groups is 1. The number of nitrogens with zero attached hydrogens (tertiary/aromatic N) is 1. The van der Waals surface area contributed by atoms with E-state index >= 15 is 0 Å². The van der Waals surface area contributed by atoms with Crippen molar-refractivity contribution in [2.75, 3.05) is 10.8 Å². The second-order valence-electron chi connectivity index (χ2n) is 3.57. The van der Waals surface area contributed by atoms with Gasteiger partial charge in [0, 0.05) is 6.54 Å². The van der Waals surface area contributed by atoms with Crippen molar-refractivity contribution in [3.63, 3.8) is 0 Å². The van der Waals surface area contributed by atoms with Gasteiger partial charge in [0.25, 0.3) is 0 Å². The van der Waals surface area contributed by atoms with Gasteiger partial charge in [0.05, 0.1) is 5.69 Å². The molecule has 0 spiro atoms. The summed E-state index contributed by atoms with van der Waals surface area (Å²) >= 11 is 0. The molecule has 1 aliphatic rings. The fourth-order valence-electron chi connectivity index (χ4n) is 1.79. The van der Waals surface area contributed by atoms with Gasteiger partial charge in [-0.3, -0.25) is 9.10 Å². The third-order valence-electron chi connectivity index (χ3n) is 2.58. The molecule has 0 aromatic heterocycles. The Hall–Kier alpha value is -1.56. The SMILES string of the molecule is O=C(O)C1CCN(c2ccccc2)S1(=O)=O. The molecule has 1 N–H and O–H groups in total. The first kappa shape index (κ1) is 10.9. The molecular weight excluding hydrogens is 230 g/mol. The van der Waals surface area contributed by atoms with Crippen molar-refractivity contribution in [2.45, 2.75) is 11.7 Å². The van der Waals surface area contributed by atoms with Crippen LogP contribution in [0.1, 0.15) is 6.42 Å². The summed E-state index contributed by atoms with van der Waals surface area (Å²) in [7, 11) is -3.75. The lowest BCUT2D eigenvalue weighted by Crippen LogP contribution is -2.33. The molecule has 1 atom stereocenters. The van der Waals surface area contributed by atoms with E-state index in [1.54, 1.807) is 30.3 Å². The van der Waals surface area contributed by atoms with E-state index < -0.39 is 21.2 Å². The monoisotopic (exact) mass is 241 g/mol. The summed E-state index contributed by atoms with van der Waals surface area (Å²) in [6.45, 7) is 0.226. The van der Waals surface area contributed by atoms with Crippen LogP contribution >= 0.6 is 0 Å². The Morgan fingerprint density at radius 3 is 2.44 bits per heavy atom. The van der Waals surface area contributed by atoms with Crippen LogP contribution in [0.4, 0.5) is 5.69 Å². The highest BCUT2D eigenvalue weighted by molar-refractivity contribution is 7.94. The lowest BCUT2D eigenvalue weighted by Gasteiger charge is -2.17. The predicted molar refractivity (Wildman–Crippen MR) is 58.7 cm³/mol. The van der Waals surface area contributed by atoms with E-state index in [9.17, 15) is 13.2 Å². The van der Waals surface area contributed by atoms with Gasteiger partial charge in [0.15, 0.2) is 5.25 Å². The molecule has 0 amide bonds. The minimum Gasteiger partial charge on any atom is -0.480 e. The Morgan fingerprint density at radius 2 is 1.94 bits per heavy atom. The first-order valence-electron chi connectivity index (χ1n) is 4.83. The maximum atomic E-state index is 11.9. The van der Waals surface area contributed by atoms with Gasteiger partial charge in [0.1, 0.15) is 0 Å². The molecule has 0 aliphatic carbocycles. The summed E-state index contributed by atoms with van der Waals surface area (Å²) < 4.78 is 24.9. The second kappa shape index (κ2) is 3.79. The zero-order valence-electron chi connectivity index (χ0n) is 8.41. The van der Waals surface area contributed by atoms with Crippen molar-refractivity contribution in [1.29, 1.82) is 0 Å². The minimum absolute atomic E-state index is 0.132. The highest BCUT2D eigenvalue weighted by Gasteiger charge is 2.43. The van der Waals surface area contributed by atoms with Gasteiger partial charge in [-0.1, -0.05) is 18.2 Å². The lowest BCUT2D eigenvalue weighted by molar-refractivity contribution is -0.136. The highest BCUT2D eigenvalue weighted by atomic mass is 32.2. The first-order valence-corrected chi connectivity index (χ1v) is 6.33. The van der Waals surface area contributed by atoms with E-state index in [2.05, 4.69) is 0 Å². The molecule has 86 valence electrons. The summed E-state index contributed by atoms with van der Waals surface area (Å²) in [5, 5.41) is 7.50. The molecule has 1 aromatic rings. The topological polar surface area (TPSA) is 74.7 Å². The van der Waals surface area contributed by atoms with Crippen LogP contribution in [0.25, 0.3) is 0 Å². The summed E-state index contributed by atoms with van der Waals surface area (Å²) in [5.41, 5.74) is 0.520. The number of anilines is 1. The normalized spacial score (nSPS) is 23.2. The summed E-state index contributed by atoms with van der Waals surface area (Å²) in [4.78, 5) is 10.8. The van der Waals surface area contributed by atoms with Crippen molar-refractivity contribution in [3.05, 3.63) is 30.3 Å².